The van der Waals surface area contributed by atoms with Crippen molar-refractivity contribution in [1.29, 1.82) is 0 Å². The Morgan fingerprint density at radius 2 is 2.12 bits per heavy atom. The van der Waals surface area contributed by atoms with E-state index in [1.807, 2.05) is 0 Å². The van der Waals surface area contributed by atoms with Gasteiger partial charge in [0.25, 0.3) is 0 Å². The third-order valence-corrected chi connectivity index (χ3v) is 3.00. The highest BCUT2D eigenvalue weighted by Gasteiger charge is 2.56. The van der Waals surface area contributed by atoms with Crippen molar-refractivity contribution in [3.63, 3.8) is 0 Å². The molecule has 90 valence electrons. The summed E-state index contributed by atoms with van der Waals surface area (Å²) in [4.78, 5) is 22.1. The summed E-state index contributed by atoms with van der Waals surface area (Å²) in [5, 5.41) is 14.7. The monoisotopic (exact) mass is 227 g/mol. The van der Waals surface area contributed by atoms with Gasteiger partial charge in [0.2, 0.25) is 0 Å². The van der Waals surface area contributed by atoms with Crippen molar-refractivity contribution < 1.29 is 9.72 Å². The predicted molar refractivity (Wildman–Crippen MR) is 59.7 cm³/mol. The first-order valence-electron chi connectivity index (χ1n) is 5.55. The summed E-state index contributed by atoms with van der Waals surface area (Å²) in [5.74, 6) is -0.605. The molecule has 0 bridgehead atoms. The lowest BCUT2D eigenvalue weighted by atomic mass is 9.88. The Balaban J connectivity index is 2.71. The zero-order chi connectivity index (χ0) is 12.2. The molecule has 1 unspecified atom stereocenters. The molecule has 1 rings (SSSR count). The van der Waals surface area contributed by atoms with Gasteiger partial charge in [-0.15, -0.1) is 0 Å². The quantitative estimate of drug-likeness (QED) is 0.423. The fourth-order valence-corrected chi connectivity index (χ4v) is 1.89. The normalized spacial score (nSPS) is 24.1. The third-order valence-electron chi connectivity index (χ3n) is 3.00. The number of hydrogen-bond acceptors (Lipinski definition) is 4. The molecule has 16 heavy (non-hydrogen) atoms. The van der Waals surface area contributed by atoms with Crippen LogP contribution in [0.4, 0.5) is 0 Å². The van der Waals surface area contributed by atoms with Crippen LogP contribution < -0.4 is 5.43 Å². The number of nitrogens with one attached hydrogen (secondary N) is 1. The van der Waals surface area contributed by atoms with E-state index in [9.17, 15) is 14.9 Å². The molecule has 1 atom stereocenters. The smallest absolute Gasteiger partial charge is 0.264 e. The molecule has 0 spiro atoms. The van der Waals surface area contributed by atoms with Crippen LogP contribution in [0.5, 0.6) is 0 Å². The zero-order valence-corrected chi connectivity index (χ0v) is 9.65. The van der Waals surface area contributed by atoms with Crippen LogP contribution in [0, 0.1) is 10.1 Å². The molecule has 0 aromatic heterocycles. The maximum Gasteiger partial charge on any atom is 0.339 e. The second-order valence-corrected chi connectivity index (χ2v) is 4.07. The van der Waals surface area contributed by atoms with Crippen LogP contribution in [-0.4, -0.2) is 22.1 Å². The number of hydrogen-bond donors (Lipinski definition) is 1. The van der Waals surface area contributed by atoms with E-state index in [2.05, 4.69) is 17.5 Å². The number of amides is 1. The highest BCUT2D eigenvalue weighted by molar-refractivity contribution is 6.14. The van der Waals surface area contributed by atoms with Crippen molar-refractivity contribution in [2.45, 2.75) is 51.5 Å². The predicted octanol–water partition coefficient (Wildman–Crippen LogP) is 1.48. The number of hydrazone groups is 1. The molecule has 0 aromatic rings. The summed E-state index contributed by atoms with van der Waals surface area (Å²) in [7, 11) is 0. The maximum absolute atomic E-state index is 11.5. The summed E-state index contributed by atoms with van der Waals surface area (Å²) in [6.45, 7) is 3.60. The summed E-state index contributed by atoms with van der Waals surface area (Å²) < 4.78 is 0. The maximum atomic E-state index is 11.5. The number of carbonyl (C=O) groups excluding carboxylic acids is 1. The Kier molecular flexibility index (Phi) is 3.98. The molecule has 0 saturated heterocycles. The van der Waals surface area contributed by atoms with Crippen molar-refractivity contribution in [2.75, 3.05) is 0 Å². The summed E-state index contributed by atoms with van der Waals surface area (Å²) >= 11 is 0. The Bertz CT molecular complexity index is 327. The minimum absolute atomic E-state index is 0.237. The van der Waals surface area contributed by atoms with Gasteiger partial charge >= 0.3 is 11.4 Å². The standard InChI is InChI=1S/C10H17N3O3/c1-3-4-5-6-7-10(13(15)16)8(2)11-12-9(10)14/h3-7H2,1-2H3,(H,12,14). The molecular formula is C10H17N3O3. The summed E-state index contributed by atoms with van der Waals surface area (Å²) in [6.07, 6.45) is 3.92. The molecule has 0 aromatic carbocycles. The van der Waals surface area contributed by atoms with Gasteiger partial charge in [0.05, 0.1) is 0 Å². The van der Waals surface area contributed by atoms with E-state index in [0.717, 1.165) is 19.3 Å². The first-order chi connectivity index (χ1) is 7.55. The number of nitro groups is 1. The van der Waals surface area contributed by atoms with Crippen LogP contribution >= 0.6 is 0 Å². The Hall–Kier alpha value is -1.46. The molecular weight excluding hydrogens is 210 g/mol. The average Bonchev–Trinajstić information content (AvgIpc) is 2.52. The summed E-state index contributed by atoms with van der Waals surface area (Å²) in [5.41, 5.74) is 0.835. The van der Waals surface area contributed by atoms with Gasteiger partial charge in [0, 0.05) is 11.3 Å². The minimum atomic E-state index is -1.62. The zero-order valence-electron chi connectivity index (χ0n) is 9.65. The van der Waals surface area contributed by atoms with Gasteiger partial charge in [-0.3, -0.25) is 14.9 Å². The van der Waals surface area contributed by atoms with Crippen LogP contribution in [0.25, 0.3) is 0 Å². The van der Waals surface area contributed by atoms with Gasteiger partial charge in [-0.25, -0.2) is 5.43 Å². The van der Waals surface area contributed by atoms with E-state index < -0.39 is 16.4 Å². The van der Waals surface area contributed by atoms with Crippen LogP contribution in [0.3, 0.4) is 0 Å². The molecule has 6 heteroatoms. The van der Waals surface area contributed by atoms with Crippen molar-refractivity contribution in [3.8, 4) is 0 Å². The van der Waals surface area contributed by atoms with Gasteiger partial charge in [0.15, 0.2) is 0 Å². The number of nitrogens with zero attached hydrogens (tertiary/aromatic N) is 2. The number of rotatable bonds is 6. The summed E-state index contributed by atoms with van der Waals surface area (Å²) in [6, 6.07) is 0. The lowest BCUT2D eigenvalue weighted by Crippen LogP contribution is -2.51. The fourth-order valence-electron chi connectivity index (χ4n) is 1.89. The van der Waals surface area contributed by atoms with Crippen LogP contribution in [0.2, 0.25) is 0 Å². The molecule has 1 heterocycles. The number of carbonyl (C=O) groups is 1. The lowest BCUT2D eigenvalue weighted by Gasteiger charge is -2.17. The van der Waals surface area contributed by atoms with Crippen molar-refractivity contribution in [3.05, 3.63) is 10.1 Å². The minimum Gasteiger partial charge on any atom is -0.264 e. The average molecular weight is 227 g/mol. The second kappa shape index (κ2) is 5.05. The Morgan fingerprint density at radius 3 is 2.56 bits per heavy atom. The van der Waals surface area contributed by atoms with Crippen molar-refractivity contribution >= 4 is 11.6 Å². The largest absolute Gasteiger partial charge is 0.339 e. The molecule has 1 aliphatic heterocycles. The van der Waals surface area contributed by atoms with Gasteiger partial charge in [0.1, 0.15) is 5.71 Å². The molecule has 1 N–H and O–H groups in total. The van der Waals surface area contributed by atoms with E-state index in [0.29, 0.717) is 6.42 Å². The first-order valence-corrected chi connectivity index (χ1v) is 5.55. The Labute approximate surface area is 94.2 Å². The van der Waals surface area contributed by atoms with Gasteiger partial charge in [-0.1, -0.05) is 26.2 Å². The highest BCUT2D eigenvalue weighted by atomic mass is 16.6. The first kappa shape index (κ1) is 12.6. The molecule has 0 saturated carbocycles. The van der Waals surface area contributed by atoms with E-state index in [-0.39, 0.29) is 12.1 Å². The van der Waals surface area contributed by atoms with Gasteiger partial charge < -0.3 is 0 Å². The molecule has 1 aliphatic rings. The second-order valence-electron chi connectivity index (χ2n) is 4.07. The van der Waals surface area contributed by atoms with Gasteiger partial charge in [-0.2, -0.15) is 5.10 Å². The van der Waals surface area contributed by atoms with E-state index in [1.165, 1.54) is 6.92 Å². The van der Waals surface area contributed by atoms with E-state index in [1.54, 1.807) is 0 Å². The van der Waals surface area contributed by atoms with Crippen molar-refractivity contribution in [1.82, 2.24) is 5.43 Å². The molecule has 6 nitrogen and oxygen atoms in total. The lowest BCUT2D eigenvalue weighted by molar-refractivity contribution is -0.531. The topological polar surface area (TPSA) is 84.6 Å². The van der Waals surface area contributed by atoms with Crippen LogP contribution in [0.15, 0.2) is 5.10 Å². The fraction of sp³-hybridized carbons (Fsp3) is 0.800. The van der Waals surface area contributed by atoms with Gasteiger partial charge in [-0.05, 0) is 13.3 Å². The number of unbranched alkanes of at least 4 members (excludes halogenated alkanes) is 3. The molecule has 0 aliphatic carbocycles. The SMILES string of the molecule is CCCCCCC1([N+](=O)[O-])C(=O)NN=C1C. The molecule has 0 radical (unpaired) electrons. The molecule has 1 amide bonds. The van der Waals surface area contributed by atoms with Crippen LogP contribution in [-0.2, 0) is 4.79 Å². The highest BCUT2D eigenvalue weighted by Crippen LogP contribution is 2.25. The van der Waals surface area contributed by atoms with E-state index in [4.69, 9.17) is 0 Å². The third kappa shape index (κ3) is 2.05. The molecule has 0 fully saturated rings. The Morgan fingerprint density at radius 1 is 1.44 bits per heavy atom. The van der Waals surface area contributed by atoms with Crippen LogP contribution in [0.1, 0.15) is 46.0 Å². The van der Waals surface area contributed by atoms with E-state index >= 15 is 0 Å². The van der Waals surface area contributed by atoms with Crippen molar-refractivity contribution in [2.24, 2.45) is 5.10 Å².